The SMILES string of the molecule is c1cc(NC2CCN(c3ncnc4[nH]ncc34)CC2)nc(N2CCOCC2)n1. The van der Waals surface area contributed by atoms with Crippen LogP contribution in [0.15, 0.2) is 24.8 Å². The molecule has 5 rings (SSSR count). The van der Waals surface area contributed by atoms with Crippen LogP contribution in [0.25, 0.3) is 11.0 Å². The van der Waals surface area contributed by atoms with Crippen molar-refractivity contribution in [1.82, 2.24) is 30.1 Å². The number of nitrogens with zero attached hydrogens (tertiary/aromatic N) is 7. The second-order valence-electron chi connectivity index (χ2n) is 7.08. The van der Waals surface area contributed by atoms with E-state index in [0.717, 1.165) is 80.9 Å². The van der Waals surface area contributed by atoms with E-state index in [2.05, 4.69) is 40.3 Å². The lowest BCUT2D eigenvalue weighted by molar-refractivity contribution is 0.122. The van der Waals surface area contributed by atoms with Crippen LogP contribution in [-0.2, 0) is 4.74 Å². The summed E-state index contributed by atoms with van der Waals surface area (Å²) < 4.78 is 5.41. The van der Waals surface area contributed by atoms with Gasteiger partial charge >= 0.3 is 0 Å². The second kappa shape index (κ2) is 7.55. The second-order valence-corrected chi connectivity index (χ2v) is 7.08. The van der Waals surface area contributed by atoms with E-state index in [4.69, 9.17) is 9.72 Å². The minimum atomic E-state index is 0.380. The van der Waals surface area contributed by atoms with Crippen molar-refractivity contribution < 1.29 is 4.74 Å². The lowest BCUT2D eigenvalue weighted by atomic mass is 10.0. The summed E-state index contributed by atoms with van der Waals surface area (Å²) in [6.45, 7) is 4.98. The average molecular weight is 381 g/mol. The minimum Gasteiger partial charge on any atom is -0.378 e. The lowest BCUT2D eigenvalue weighted by Crippen LogP contribution is -2.40. The van der Waals surface area contributed by atoms with Crippen molar-refractivity contribution in [2.45, 2.75) is 18.9 Å². The molecule has 0 bridgehead atoms. The van der Waals surface area contributed by atoms with Crippen LogP contribution in [-0.4, -0.2) is 75.6 Å². The molecule has 3 aromatic rings. The molecule has 0 spiro atoms. The zero-order chi connectivity index (χ0) is 18.8. The molecule has 0 radical (unpaired) electrons. The normalized spacial score (nSPS) is 18.6. The summed E-state index contributed by atoms with van der Waals surface area (Å²) in [6.07, 6.45) is 7.24. The van der Waals surface area contributed by atoms with Crippen molar-refractivity contribution in [3.63, 3.8) is 0 Å². The number of hydrogen-bond donors (Lipinski definition) is 2. The summed E-state index contributed by atoms with van der Waals surface area (Å²) in [7, 11) is 0. The third-order valence-corrected chi connectivity index (χ3v) is 5.31. The molecule has 0 aromatic carbocycles. The number of morpholine rings is 1. The first kappa shape index (κ1) is 17.1. The zero-order valence-electron chi connectivity index (χ0n) is 15.6. The summed E-state index contributed by atoms with van der Waals surface area (Å²) in [5.41, 5.74) is 0.780. The van der Waals surface area contributed by atoms with Gasteiger partial charge in [0.1, 0.15) is 18.0 Å². The van der Waals surface area contributed by atoms with E-state index in [9.17, 15) is 0 Å². The largest absolute Gasteiger partial charge is 0.378 e. The number of H-pyrrole nitrogens is 1. The predicted octanol–water partition coefficient (Wildman–Crippen LogP) is 1.06. The Morgan fingerprint density at radius 2 is 1.89 bits per heavy atom. The molecule has 10 heteroatoms. The molecule has 2 aliphatic rings. The van der Waals surface area contributed by atoms with Crippen LogP contribution in [0.5, 0.6) is 0 Å². The number of ether oxygens (including phenoxy) is 1. The Hall–Kier alpha value is -3.01. The smallest absolute Gasteiger partial charge is 0.227 e. The molecule has 0 atom stereocenters. The molecule has 10 nitrogen and oxygen atoms in total. The van der Waals surface area contributed by atoms with Crippen molar-refractivity contribution in [2.75, 3.05) is 54.5 Å². The highest BCUT2D eigenvalue weighted by Crippen LogP contribution is 2.25. The molecule has 2 fully saturated rings. The van der Waals surface area contributed by atoms with Crippen LogP contribution in [0.3, 0.4) is 0 Å². The standard InChI is InChI=1S/C18H23N9O/c1-4-19-18(27-7-9-28-10-8-27)24-15(1)23-13-2-5-26(6-3-13)17-14-11-22-25-16(14)20-12-21-17/h1,4,11-13H,2-3,5-10H2,(H,19,23,24)(H,20,21,22,25). The number of fused-ring (bicyclic) bond motifs is 1. The van der Waals surface area contributed by atoms with Gasteiger partial charge < -0.3 is 19.9 Å². The molecule has 0 amide bonds. The molecule has 3 aromatic heterocycles. The van der Waals surface area contributed by atoms with E-state index < -0.39 is 0 Å². The van der Waals surface area contributed by atoms with Gasteiger partial charge in [0.2, 0.25) is 5.95 Å². The van der Waals surface area contributed by atoms with Gasteiger partial charge in [-0.1, -0.05) is 0 Å². The van der Waals surface area contributed by atoms with Crippen molar-refractivity contribution in [3.8, 4) is 0 Å². The highest BCUT2D eigenvalue weighted by Gasteiger charge is 2.23. The van der Waals surface area contributed by atoms with Gasteiger partial charge in [0.25, 0.3) is 0 Å². The van der Waals surface area contributed by atoms with Gasteiger partial charge in [-0.05, 0) is 18.9 Å². The first-order valence-corrected chi connectivity index (χ1v) is 9.68. The van der Waals surface area contributed by atoms with Gasteiger partial charge in [0.05, 0.1) is 24.8 Å². The van der Waals surface area contributed by atoms with Gasteiger partial charge in [-0.2, -0.15) is 10.1 Å². The van der Waals surface area contributed by atoms with Crippen molar-refractivity contribution >= 4 is 28.6 Å². The Bertz CT molecular complexity index is 931. The molecule has 0 saturated carbocycles. The Labute approximate surface area is 162 Å². The third kappa shape index (κ3) is 3.42. The quantitative estimate of drug-likeness (QED) is 0.686. The van der Waals surface area contributed by atoms with Crippen molar-refractivity contribution in [2.24, 2.45) is 0 Å². The van der Waals surface area contributed by atoms with Crippen LogP contribution in [0.1, 0.15) is 12.8 Å². The molecular weight excluding hydrogens is 358 g/mol. The number of aromatic nitrogens is 6. The summed E-state index contributed by atoms with van der Waals surface area (Å²) in [5, 5.41) is 11.5. The fourth-order valence-electron chi connectivity index (χ4n) is 3.79. The van der Waals surface area contributed by atoms with Crippen LogP contribution in [0, 0.1) is 0 Å². The monoisotopic (exact) mass is 381 g/mol. The summed E-state index contributed by atoms with van der Waals surface area (Å²) in [6, 6.07) is 2.32. The Morgan fingerprint density at radius 3 is 2.75 bits per heavy atom. The Balaban J connectivity index is 1.22. The highest BCUT2D eigenvalue weighted by atomic mass is 16.5. The maximum atomic E-state index is 5.41. The van der Waals surface area contributed by atoms with E-state index in [1.54, 1.807) is 12.5 Å². The van der Waals surface area contributed by atoms with Gasteiger partial charge in [0, 0.05) is 38.4 Å². The van der Waals surface area contributed by atoms with Crippen LogP contribution in [0.4, 0.5) is 17.6 Å². The summed E-state index contributed by atoms with van der Waals surface area (Å²) in [5.74, 6) is 2.61. The Morgan fingerprint density at radius 1 is 1.04 bits per heavy atom. The van der Waals surface area contributed by atoms with E-state index in [1.165, 1.54) is 0 Å². The molecule has 2 aliphatic heterocycles. The first-order valence-electron chi connectivity index (χ1n) is 9.68. The maximum Gasteiger partial charge on any atom is 0.227 e. The summed E-state index contributed by atoms with van der Waals surface area (Å²) >= 11 is 0. The van der Waals surface area contributed by atoms with Gasteiger partial charge in [-0.3, -0.25) is 5.10 Å². The van der Waals surface area contributed by atoms with E-state index in [1.807, 2.05) is 12.3 Å². The molecule has 2 saturated heterocycles. The summed E-state index contributed by atoms with van der Waals surface area (Å²) in [4.78, 5) is 22.3. The van der Waals surface area contributed by atoms with Gasteiger partial charge in [-0.25, -0.2) is 15.0 Å². The molecule has 28 heavy (non-hydrogen) atoms. The first-order chi connectivity index (χ1) is 13.9. The van der Waals surface area contributed by atoms with Gasteiger partial charge in [-0.15, -0.1) is 0 Å². The third-order valence-electron chi connectivity index (χ3n) is 5.31. The molecule has 146 valence electrons. The lowest BCUT2D eigenvalue weighted by Gasteiger charge is -2.33. The van der Waals surface area contributed by atoms with Gasteiger partial charge in [0.15, 0.2) is 5.65 Å². The van der Waals surface area contributed by atoms with Crippen LogP contribution < -0.4 is 15.1 Å². The number of rotatable bonds is 4. The molecule has 2 N–H and O–H groups in total. The zero-order valence-corrected chi connectivity index (χ0v) is 15.6. The fourth-order valence-corrected chi connectivity index (χ4v) is 3.79. The Kier molecular flexibility index (Phi) is 4.61. The van der Waals surface area contributed by atoms with E-state index in [0.29, 0.717) is 6.04 Å². The highest BCUT2D eigenvalue weighted by molar-refractivity contribution is 5.86. The predicted molar refractivity (Wildman–Crippen MR) is 106 cm³/mol. The fraction of sp³-hybridized carbons (Fsp3) is 0.500. The maximum absolute atomic E-state index is 5.41. The number of aromatic amines is 1. The van der Waals surface area contributed by atoms with Crippen LogP contribution in [0.2, 0.25) is 0 Å². The molecule has 0 aliphatic carbocycles. The van der Waals surface area contributed by atoms with Crippen molar-refractivity contribution in [1.29, 1.82) is 0 Å². The van der Waals surface area contributed by atoms with Crippen molar-refractivity contribution in [3.05, 3.63) is 24.8 Å². The number of piperidine rings is 1. The number of nitrogens with one attached hydrogen (secondary N) is 2. The molecule has 0 unspecified atom stereocenters. The number of hydrogen-bond acceptors (Lipinski definition) is 9. The van der Waals surface area contributed by atoms with Crippen LogP contribution >= 0.6 is 0 Å². The topological polar surface area (TPSA) is 108 Å². The molecule has 5 heterocycles. The number of anilines is 3. The minimum absolute atomic E-state index is 0.380. The average Bonchev–Trinajstić information content (AvgIpc) is 3.24. The molecular formula is C18H23N9O. The van der Waals surface area contributed by atoms with E-state index >= 15 is 0 Å². The van der Waals surface area contributed by atoms with E-state index in [-0.39, 0.29) is 0 Å².